The van der Waals surface area contributed by atoms with E-state index in [4.69, 9.17) is 10.5 Å². The van der Waals surface area contributed by atoms with Crippen LogP contribution in [0.4, 0.5) is 11.5 Å². The summed E-state index contributed by atoms with van der Waals surface area (Å²) >= 11 is 0. The maximum atomic E-state index is 12.4. The second-order valence-corrected chi connectivity index (χ2v) is 7.45. The Balaban J connectivity index is 1.31. The molecule has 3 N–H and O–H groups in total. The molecule has 30 heavy (non-hydrogen) atoms. The summed E-state index contributed by atoms with van der Waals surface area (Å²) in [5.74, 6) is 2.33. The molecule has 1 aromatic heterocycles. The molecule has 0 aliphatic carbocycles. The summed E-state index contributed by atoms with van der Waals surface area (Å²) in [5, 5.41) is 3.24. The van der Waals surface area contributed by atoms with Crippen molar-refractivity contribution in [1.82, 2.24) is 9.88 Å². The Morgan fingerprint density at radius 1 is 1.00 bits per heavy atom. The van der Waals surface area contributed by atoms with Crippen molar-refractivity contribution in [2.45, 2.75) is 25.3 Å². The highest BCUT2D eigenvalue weighted by Crippen LogP contribution is 2.24. The summed E-state index contributed by atoms with van der Waals surface area (Å²) in [5.41, 5.74) is 8.09. The van der Waals surface area contributed by atoms with Gasteiger partial charge in [-0.2, -0.15) is 0 Å². The fourth-order valence-corrected chi connectivity index (χ4v) is 3.53. The number of anilines is 2. The van der Waals surface area contributed by atoms with E-state index in [-0.39, 0.29) is 5.91 Å². The Labute approximate surface area is 176 Å². The zero-order chi connectivity index (χ0) is 20.8. The van der Waals surface area contributed by atoms with Gasteiger partial charge in [0.25, 0.3) is 0 Å². The van der Waals surface area contributed by atoms with E-state index < -0.39 is 6.04 Å². The first-order chi connectivity index (χ1) is 14.7. The van der Waals surface area contributed by atoms with Crippen LogP contribution < -0.4 is 15.8 Å². The number of benzene rings is 2. The standard InChI is InChI=1S/C24H26N4O2/c25-22(24(29)28-15-3-4-16-28)17-18-6-10-20(11-7-18)30-21-12-8-19(9-13-21)27-23-5-1-2-14-26-23/h1-2,5-14,22H,3-4,15-17,25H2,(H,26,27). The fourth-order valence-electron chi connectivity index (χ4n) is 3.53. The van der Waals surface area contributed by atoms with E-state index in [0.29, 0.717) is 6.42 Å². The van der Waals surface area contributed by atoms with Crippen molar-refractivity contribution in [3.8, 4) is 11.5 Å². The minimum atomic E-state index is -0.492. The fraction of sp³-hybridized carbons (Fsp3) is 0.250. The van der Waals surface area contributed by atoms with Crippen molar-refractivity contribution in [2.24, 2.45) is 5.73 Å². The lowest BCUT2D eigenvalue weighted by atomic mass is 10.1. The number of carbonyl (C=O) groups excluding carboxylic acids is 1. The van der Waals surface area contributed by atoms with Crippen LogP contribution in [0.1, 0.15) is 18.4 Å². The van der Waals surface area contributed by atoms with Gasteiger partial charge in [0, 0.05) is 25.0 Å². The third kappa shape index (κ3) is 5.15. The summed E-state index contributed by atoms with van der Waals surface area (Å²) in [7, 11) is 0. The lowest BCUT2D eigenvalue weighted by molar-refractivity contribution is -0.131. The molecule has 2 heterocycles. The average Bonchev–Trinajstić information content (AvgIpc) is 3.31. The molecule has 6 nitrogen and oxygen atoms in total. The molecule has 1 atom stereocenters. The van der Waals surface area contributed by atoms with Crippen molar-refractivity contribution in [1.29, 1.82) is 0 Å². The van der Waals surface area contributed by atoms with E-state index in [1.807, 2.05) is 71.6 Å². The number of aromatic nitrogens is 1. The van der Waals surface area contributed by atoms with Crippen LogP contribution in [0.2, 0.25) is 0 Å². The molecule has 0 saturated carbocycles. The molecule has 0 radical (unpaired) electrons. The molecule has 1 aliphatic rings. The van der Waals surface area contributed by atoms with Crippen LogP contribution in [-0.2, 0) is 11.2 Å². The Kier molecular flexibility index (Phi) is 6.25. The topological polar surface area (TPSA) is 80.5 Å². The second-order valence-electron chi connectivity index (χ2n) is 7.45. The van der Waals surface area contributed by atoms with Gasteiger partial charge in [-0.25, -0.2) is 4.98 Å². The number of hydrogen-bond acceptors (Lipinski definition) is 5. The van der Waals surface area contributed by atoms with Crippen LogP contribution in [0.3, 0.4) is 0 Å². The quantitative estimate of drug-likeness (QED) is 0.622. The first kappa shape index (κ1) is 19.9. The van der Waals surface area contributed by atoms with Gasteiger partial charge >= 0.3 is 0 Å². The van der Waals surface area contributed by atoms with Gasteiger partial charge in [-0.1, -0.05) is 18.2 Å². The van der Waals surface area contributed by atoms with Crippen LogP contribution in [-0.4, -0.2) is 34.9 Å². The van der Waals surface area contributed by atoms with Crippen molar-refractivity contribution in [3.05, 3.63) is 78.5 Å². The first-order valence-electron chi connectivity index (χ1n) is 10.3. The normalized spacial score (nSPS) is 14.4. The molecule has 154 valence electrons. The van der Waals surface area contributed by atoms with Gasteiger partial charge in [0.1, 0.15) is 17.3 Å². The number of rotatable bonds is 7. The second kappa shape index (κ2) is 9.41. The molecule has 6 heteroatoms. The minimum Gasteiger partial charge on any atom is -0.457 e. The number of carbonyl (C=O) groups is 1. The highest BCUT2D eigenvalue weighted by Gasteiger charge is 2.23. The van der Waals surface area contributed by atoms with Gasteiger partial charge < -0.3 is 20.7 Å². The van der Waals surface area contributed by atoms with E-state index >= 15 is 0 Å². The monoisotopic (exact) mass is 402 g/mol. The highest BCUT2D eigenvalue weighted by atomic mass is 16.5. The molecular formula is C24H26N4O2. The zero-order valence-electron chi connectivity index (χ0n) is 16.8. The lowest BCUT2D eigenvalue weighted by Gasteiger charge is -2.20. The molecule has 1 saturated heterocycles. The number of amides is 1. The van der Waals surface area contributed by atoms with Crippen molar-refractivity contribution in [2.75, 3.05) is 18.4 Å². The Hall–Kier alpha value is -3.38. The van der Waals surface area contributed by atoms with E-state index in [9.17, 15) is 4.79 Å². The molecule has 3 aromatic rings. The Bertz CT molecular complexity index is 953. The molecule has 1 unspecified atom stereocenters. The van der Waals surface area contributed by atoms with Gasteiger partial charge in [-0.15, -0.1) is 0 Å². The first-order valence-corrected chi connectivity index (χ1v) is 10.3. The molecule has 1 fully saturated rings. The smallest absolute Gasteiger partial charge is 0.239 e. The largest absolute Gasteiger partial charge is 0.457 e. The maximum Gasteiger partial charge on any atom is 0.239 e. The lowest BCUT2D eigenvalue weighted by Crippen LogP contribution is -2.43. The van der Waals surface area contributed by atoms with Gasteiger partial charge in [0.05, 0.1) is 6.04 Å². The average molecular weight is 402 g/mol. The SMILES string of the molecule is NC(Cc1ccc(Oc2ccc(Nc3ccccn3)cc2)cc1)C(=O)N1CCCC1. The number of pyridine rings is 1. The summed E-state index contributed by atoms with van der Waals surface area (Å²) in [6.07, 6.45) is 4.43. The number of nitrogens with zero attached hydrogens (tertiary/aromatic N) is 2. The number of nitrogens with two attached hydrogens (primary N) is 1. The van der Waals surface area contributed by atoms with Gasteiger partial charge in [-0.3, -0.25) is 4.79 Å². The molecule has 4 rings (SSSR count). The third-order valence-electron chi connectivity index (χ3n) is 5.14. The molecule has 1 amide bonds. The van der Waals surface area contributed by atoms with E-state index in [1.54, 1.807) is 6.20 Å². The number of ether oxygens (including phenoxy) is 1. The molecule has 0 bridgehead atoms. The zero-order valence-corrected chi connectivity index (χ0v) is 16.8. The molecule has 0 spiro atoms. The predicted octanol–water partition coefficient (Wildman–Crippen LogP) is 4.11. The van der Waals surface area contributed by atoms with Crippen LogP contribution in [0.25, 0.3) is 0 Å². The summed E-state index contributed by atoms with van der Waals surface area (Å²) in [6, 6.07) is 20.7. The molecular weight excluding hydrogens is 376 g/mol. The summed E-state index contributed by atoms with van der Waals surface area (Å²) in [4.78, 5) is 18.5. The van der Waals surface area contributed by atoms with Gasteiger partial charge in [0.15, 0.2) is 0 Å². The van der Waals surface area contributed by atoms with Crippen molar-refractivity contribution < 1.29 is 9.53 Å². The van der Waals surface area contributed by atoms with Gasteiger partial charge in [0.2, 0.25) is 5.91 Å². The van der Waals surface area contributed by atoms with Crippen LogP contribution in [0.5, 0.6) is 11.5 Å². The van der Waals surface area contributed by atoms with Crippen LogP contribution >= 0.6 is 0 Å². The maximum absolute atomic E-state index is 12.4. The van der Waals surface area contributed by atoms with Crippen molar-refractivity contribution >= 4 is 17.4 Å². The Morgan fingerprint density at radius 3 is 2.30 bits per heavy atom. The summed E-state index contributed by atoms with van der Waals surface area (Å²) in [6.45, 7) is 1.66. The van der Waals surface area contributed by atoms with E-state index in [0.717, 1.165) is 54.5 Å². The van der Waals surface area contributed by atoms with E-state index in [2.05, 4.69) is 10.3 Å². The number of nitrogens with one attached hydrogen (secondary N) is 1. The predicted molar refractivity (Wildman–Crippen MR) is 118 cm³/mol. The minimum absolute atomic E-state index is 0.0484. The molecule has 2 aromatic carbocycles. The van der Waals surface area contributed by atoms with Gasteiger partial charge in [-0.05, 0) is 73.4 Å². The van der Waals surface area contributed by atoms with E-state index in [1.165, 1.54) is 0 Å². The van der Waals surface area contributed by atoms with Crippen LogP contribution in [0.15, 0.2) is 72.9 Å². The van der Waals surface area contributed by atoms with Crippen molar-refractivity contribution in [3.63, 3.8) is 0 Å². The molecule has 1 aliphatic heterocycles. The summed E-state index contributed by atoms with van der Waals surface area (Å²) < 4.78 is 5.92. The third-order valence-corrected chi connectivity index (χ3v) is 5.14. The number of hydrogen-bond donors (Lipinski definition) is 2. The number of likely N-dealkylation sites (tertiary alicyclic amines) is 1. The highest BCUT2D eigenvalue weighted by molar-refractivity contribution is 5.82. The Morgan fingerprint density at radius 2 is 1.67 bits per heavy atom. The van der Waals surface area contributed by atoms with Crippen LogP contribution in [0, 0.1) is 0 Å².